The molecule has 0 amide bonds. The molecule has 1 aromatic rings. The van der Waals surface area contributed by atoms with Gasteiger partial charge in [-0.15, -0.1) is 11.3 Å². The van der Waals surface area contributed by atoms with E-state index in [1.165, 1.54) is 30.6 Å². The lowest BCUT2D eigenvalue weighted by molar-refractivity contribution is -0.0240. The molecule has 1 saturated carbocycles. The van der Waals surface area contributed by atoms with Gasteiger partial charge in [0.1, 0.15) is 0 Å². The average Bonchev–Trinajstić information content (AvgIpc) is 2.78. The molecule has 14 heavy (non-hydrogen) atoms. The van der Waals surface area contributed by atoms with Crippen LogP contribution in [0.4, 0.5) is 0 Å². The van der Waals surface area contributed by atoms with Gasteiger partial charge in [0.2, 0.25) is 0 Å². The predicted molar refractivity (Wildman–Crippen MR) is 57.0 cm³/mol. The summed E-state index contributed by atoms with van der Waals surface area (Å²) in [4.78, 5) is 11.0. The van der Waals surface area contributed by atoms with Crippen LogP contribution in [-0.4, -0.2) is 11.1 Å². The Kier molecular flexibility index (Phi) is 3.50. The van der Waals surface area contributed by atoms with E-state index < -0.39 is 0 Å². The second kappa shape index (κ2) is 4.87. The Bertz CT molecular complexity index is 281. The molecule has 0 saturated heterocycles. The van der Waals surface area contributed by atoms with Gasteiger partial charge in [0.05, 0.1) is 23.9 Å². The number of rotatable bonds is 4. The SMILES string of the molecule is Cc1ncsc1CNOC1CCCC1. The van der Waals surface area contributed by atoms with E-state index in [2.05, 4.69) is 10.5 Å². The smallest absolute Gasteiger partial charge is 0.0798 e. The van der Waals surface area contributed by atoms with Crippen molar-refractivity contribution in [2.45, 2.75) is 45.3 Å². The maximum atomic E-state index is 5.56. The highest BCUT2D eigenvalue weighted by molar-refractivity contribution is 7.09. The quantitative estimate of drug-likeness (QED) is 0.778. The number of nitrogens with zero attached hydrogens (tertiary/aromatic N) is 1. The van der Waals surface area contributed by atoms with Gasteiger partial charge in [-0.05, 0) is 19.8 Å². The minimum atomic E-state index is 0.434. The summed E-state index contributed by atoms with van der Waals surface area (Å²) < 4.78 is 0. The molecular weight excluding hydrogens is 196 g/mol. The average molecular weight is 212 g/mol. The number of thiazole rings is 1. The zero-order chi connectivity index (χ0) is 9.80. The fraction of sp³-hybridized carbons (Fsp3) is 0.700. The van der Waals surface area contributed by atoms with Crippen LogP contribution in [0.2, 0.25) is 0 Å². The number of aryl methyl sites for hydroxylation is 1. The summed E-state index contributed by atoms with van der Waals surface area (Å²) in [6, 6.07) is 0. The minimum Gasteiger partial charge on any atom is -0.298 e. The molecule has 1 aromatic heterocycles. The molecule has 2 rings (SSSR count). The molecule has 1 aliphatic carbocycles. The summed E-state index contributed by atoms with van der Waals surface area (Å²) in [5.74, 6) is 0. The molecule has 0 bridgehead atoms. The molecule has 1 fully saturated rings. The van der Waals surface area contributed by atoms with Crippen LogP contribution in [0.1, 0.15) is 36.3 Å². The Labute approximate surface area is 88.5 Å². The first kappa shape index (κ1) is 10.1. The van der Waals surface area contributed by atoms with Crippen LogP contribution in [0, 0.1) is 6.92 Å². The van der Waals surface area contributed by atoms with Gasteiger partial charge in [-0.3, -0.25) is 4.84 Å². The maximum Gasteiger partial charge on any atom is 0.0798 e. The molecule has 0 atom stereocenters. The van der Waals surface area contributed by atoms with E-state index in [0.29, 0.717) is 6.10 Å². The highest BCUT2D eigenvalue weighted by Crippen LogP contribution is 2.20. The lowest BCUT2D eigenvalue weighted by atomic mass is 10.3. The zero-order valence-electron chi connectivity index (χ0n) is 8.45. The summed E-state index contributed by atoms with van der Waals surface area (Å²) in [6.07, 6.45) is 5.46. The van der Waals surface area contributed by atoms with Crippen LogP contribution in [-0.2, 0) is 11.4 Å². The van der Waals surface area contributed by atoms with Gasteiger partial charge in [-0.2, -0.15) is 5.48 Å². The van der Waals surface area contributed by atoms with Crippen molar-refractivity contribution in [3.8, 4) is 0 Å². The second-order valence-electron chi connectivity index (χ2n) is 3.71. The summed E-state index contributed by atoms with van der Waals surface area (Å²) in [5, 5.41) is 0. The van der Waals surface area contributed by atoms with Crippen molar-refractivity contribution in [2.75, 3.05) is 0 Å². The van der Waals surface area contributed by atoms with Gasteiger partial charge in [0.15, 0.2) is 0 Å². The number of hydroxylamine groups is 1. The van der Waals surface area contributed by atoms with Crippen LogP contribution in [0.5, 0.6) is 0 Å². The topological polar surface area (TPSA) is 34.2 Å². The molecule has 3 nitrogen and oxygen atoms in total. The monoisotopic (exact) mass is 212 g/mol. The Balaban J connectivity index is 1.70. The standard InChI is InChI=1S/C10H16N2OS/c1-8-10(14-7-11-8)6-12-13-9-4-2-3-5-9/h7,9,12H,2-6H2,1H3. The molecule has 1 N–H and O–H groups in total. The Morgan fingerprint density at radius 1 is 1.57 bits per heavy atom. The van der Waals surface area contributed by atoms with Gasteiger partial charge in [-0.25, -0.2) is 4.98 Å². The van der Waals surface area contributed by atoms with Crippen molar-refractivity contribution >= 4 is 11.3 Å². The van der Waals surface area contributed by atoms with E-state index in [-0.39, 0.29) is 0 Å². The first-order valence-corrected chi connectivity index (χ1v) is 6.01. The largest absolute Gasteiger partial charge is 0.298 e. The van der Waals surface area contributed by atoms with Crippen molar-refractivity contribution in [1.82, 2.24) is 10.5 Å². The predicted octanol–water partition coefficient (Wildman–Crippen LogP) is 2.42. The van der Waals surface area contributed by atoms with E-state index in [9.17, 15) is 0 Å². The van der Waals surface area contributed by atoms with E-state index in [0.717, 1.165) is 12.2 Å². The number of nitrogens with one attached hydrogen (secondary N) is 1. The third-order valence-electron chi connectivity index (χ3n) is 2.63. The molecule has 1 aliphatic rings. The van der Waals surface area contributed by atoms with Crippen molar-refractivity contribution < 1.29 is 4.84 Å². The molecule has 0 aliphatic heterocycles. The van der Waals surface area contributed by atoms with Crippen molar-refractivity contribution in [3.63, 3.8) is 0 Å². The fourth-order valence-electron chi connectivity index (χ4n) is 1.73. The lowest BCUT2D eigenvalue weighted by Gasteiger charge is -2.10. The van der Waals surface area contributed by atoms with Crippen molar-refractivity contribution in [1.29, 1.82) is 0 Å². The Morgan fingerprint density at radius 2 is 2.36 bits per heavy atom. The Hall–Kier alpha value is -0.450. The van der Waals surface area contributed by atoms with Crippen molar-refractivity contribution in [3.05, 3.63) is 16.1 Å². The van der Waals surface area contributed by atoms with Crippen molar-refractivity contribution in [2.24, 2.45) is 0 Å². The van der Waals surface area contributed by atoms with Gasteiger partial charge >= 0.3 is 0 Å². The molecule has 0 radical (unpaired) electrons. The molecule has 78 valence electrons. The third-order valence-corrected chi connectivity index (χ3v) is 3.56. The highest BCUT2D eigenvalue weighted by Gasteiger charge is 2.15. The number of hydrogen-bond acceptors (Lipinski definition) is 4. The summed E-state index contributed by atoms with van der Waals surface area (Å²) >= 11 is 1.68. The lowest BCUT2D eigenvalue weighted by Crippen LogP contribution is -2.21. The maximum absolute atomic E-state index is 5.56. The molecule has 1 heterocycles. The van der Waals surface area contributed by atoms with Gasteiger partial charge in [-0.1, -0.05) is 12.8 Å². The van der Waals surface area contributed by atoms with Gasteiger partial charge < -0.3 is 0 Å². The van der Waals surface area contributed by atoms with Gasteiger partial charge in [0, 0.05) is 4.88 Å². The fourth-order valence-corrected chi connectivity index (χ4v) is 2.43. The normalized spacial score (nSPS) is 17.8. The van der Waals surface area contributed by atoms with Crippen LogP contribution in [0.15, 0.2) is 5.51 Å². The summed E-state index contributed by atoms with van der Waals surface area (Å²) in [6.45, 7) is 2.82. The molecule has 0 unspecified atom stereocenters. The molecule has 4 heteroatoms. The molecular formula is C10H16N2OS. The third kappa shape index (κ3) is 2.53. The summed E-state index contributed by atoms with van der Waals surface area (Å²) in [5.41, 5.74) is 6.03. The van der Waals surface area contributed by atoms with E-state index >= 15 is 0 Å². The van der Waals surface area contributed by atoms with E-state index in [1.807, 2.05) is 12.4 Å². The number of hydrogen-bond donors (Lipinski definition) is 1. The second-order valence-corrected chi connectivity index (χ2v) is 4.65. The van der Waals surface area contributed by atoms with Crippen LogP contribution in [0.25, 0.3) is 0 Å². The first-order valence-electron chi connectivity index (χ1n) is 5.14. The zero-order valence-corrected chi connectivity index (χ0v) is 9.27. The van der Waals surface area contributed by atoms with Crippen LogP contribution in [0.3, 0.4) is 0 Å². The van der Waals surface area contributed by atoms with Crippen LogP contribution < -0.4 is 5.48 Å². The molecule has 0 aromatic carbocycles. The van der Waals surface area contributed by atoms with E-state index in [4.69, 9.17) is 4.84 Å². The van der Waals surface area contributed by atoms with E-state index in [1.54, 1.807) is 11.3 Å². The minimum absolute atomic E-state index is 0.434. The first-order chi connectivity index (χ1) is 6.86. The van der Waals surface area contributed by atoms with Crippen LogP contribution >= 0.6 is 11.3 Å². The highest BCUT2D eigenvalue weighted by atomic mass is 32.1. The molecule has 0 spiro atoms. The van der Waals surface area contributed by atoms with Gasteiger partial charge in [0.25, 0.3) is 0 Å². The summed E-state index contributed by atoms with van der Waals surface area (Å²) in [7, 11) is 0. The number of aromatic nitrogens is 1. The Morgan fingerprint density at radius 3 is 3.00 bits per heavy atom.